The molecule has 2 aromatic heterocycles. The highest BCUT2D eigenvalue weighted by atomic mass is 16.5. The van der Waals surface area contributed by atoms with Crippen LogP contribution in [0.4, 0.5) is 0 Å². The van der Waals surface area contributed by atoms with Gasteiger partial charge in [-0.1, -0.05) is 0 Å². The first-order valence-corrected chi connectivity index (χ1v) is 5.44. The maximum atomic E-state index is 11.3. The van der Waals surface area contributed by atoms with E-state index in [1.807, 2.05) is 0 Å². The number of aromatic nitrogens is 4. The molecule has 1 atom stereocenters. The molecule has 2 rings (SSSR count). The Bertz CT molecular complexity index is 507. The Hall–Kier alpha value is -2.22. The predicted octanol–water partition coefficient (Wildman–Crippen LogP) is 0.212. The van der Waals surface area contributed by atoms with Gasteiger partial charge in [0.1, 0.15) is 0 Å². The second-order valence-corrected chi connectivity index (χ2v) is 3.56. The van der Waals surface area contributed by atoms with Gasteiger partial charge in [-0.2, -0.15) is 4.98 Å². The van der Waals surface area contributed by atoms with E-state index in [2.05, 4.69) is 20.1 Å². The van der Waals surface area contributed by atoms with Gasteiger partial charge in [0.2, 0.25) is 5.89 Å². The summed E-state index contributed by atoms with van der Waals surface area (Å²) in [4.78, 5) is 22.0. The molecule has 0 aromatic carbocycles. The monoisotopic (exact) mass is 251 g/mol. The minimum absolute atomic E-state index is 0.119. The molecule has 2 aromatic rings. The lowest BCUT2D eigenvalue weighted by Gasteiger charge is -2.03. The normalized spacial score (nSPS) is 12.3. The molecule has 0 radical (unpaired) electrons. The summed E-state index contributed by atoms with van der Waals surface area (Å²) in [5.41, 5.74) is 6.72. The van der Waals surface area contributed by atoms with Gasteiger partial charge in [0.05, 0.1) is 19.0 Å². The summed E-state index contributed by atoms with van der Waals surface area (Å²) in [7, 11) is 0. The molecule has 18 heavy (non-hydrogen) atoms. The molecule has 96 valence electrons. The molecule has 0 unspecified atom stereocenters. The Labute approximate surface area is 103 Å². The van der Waals surface area contributed by atoms with Crippen LogP contribution < -0.4 is 5.73 Å². The smallest absolute Gasteiger partial charge is 0.379 e. The van der Waals surface area contributed by atoms with Crippen molar-refractivity contribution in [2.75, 3.05) is 6.61 Å². The third-order valence-electron chi connectivity index (χ3n) is 2.21. The van der Waals surface area contributed by atoms with Crippen LogP contribution in [-0.2, 0) is 11.2 Å². The molecule has 0 aliphatic rings. The van der Waals surface area contributed by atoms with Crippen LogP contribution >= 0.6 is 0 Å². The number of hydrogen-bond acceptors (Lipinski definition) is 7. The van der Waals surface area contributed by atoms with Crippen LogP contribution in [0.5, 0.6) is 0 Å². The molecular weight excluding hydrogens is 238 g/mol. The lowest BCUT2D eigenvalue weighted by molar-refractivity contribution is 0.0508. The zero-order valence-corrected chi connectivity index (χ0v) is 9.79. The molecule has 3 N–H and O–H groups in total. The van der Waals surface area contributed by atoms with Crippen molar-refractivity contribution in [1.29, 1.82) is 0 Å². The lowest BCUT2D eigenvalue weighted by atomic mass is 10.2. The van der Waals surface area contributed by atoms with Gasteiger partial charge in [-0.3, -0.25) is 0 Å². The number of H-pyrrole nitrogens is 1. The van der Waals surface area contributed by atoms with Gasteiger partial charge in [0.15, 0.2) is 0 Å². The number of nitrogens with two attached hydrogens (primary N) is 1. The van der Waals surface area contributed by atoms with Crippen molar-refractivity contribution in [3.05, 3.63) is 29.9 Å². The van der Waals surface area contributed by atoms with Crippen LogP contribution in [0.3, 0.4) is 0 Å². The second-order valence-electron chi connectivity index (χ2n) is 3.56. The first-order chi connectivity index (χ1) is 8.70. The first-order valence-electron chi connectivity index (χ1n) is 5.44. The fourth-order valence-electron chi connectivity index (χ4n) is 1.38. The molecule has 0 aliphatic heterocycles. The van der Waals surface area contributed by atoms with E-state index in [-0.39, 0.29) is 18.3 Å². The minimum Gasteiger partial charge on any atom is -0.460 e. The van der Waals surface area contributed by atoms with Crippen molar-refractivity contribution in [2.24, 2.45) is 5.73 Å². The number of carbonyl (C=O) groups excluding carboxylic acids is 1. The molecule has 2 heterocycles. The summed E-state index contributed by atoms with van der Waals surface area (Å²) < 4.78 is 9.67. The predicted molar refractivity (Wildman–Crippen MR) is 59.5 cm³/mol. The zero-order chi connectivity index (χ0) is 13.0. The van der Waals surface area contributed by atoms with Gasteiger partial charge in [-0.05, 0) is 12.1 Å². The highest BCUT2D eigenvalue weighted by Crippen LogP contribution is 2.12. The van der Waals surface area contributed by atoms with E-state index in [1.54, 1.807) is 19.4 Å². The average Bonchev–Trinajstić information content (AvgIpc) is 2.99. The van der Waals surface area contributed by atoms with Gasteiger partial charge in [-0.15, -0.1) is 0 Å². The summed E-state index contributed by atoms with van der Waals surface area (Å²) in [5, 5.41) is 3.52. The maximum Gasteiger partial charge on any atom is 0.379 e. The summed E-state index contributed by atoms with van der Waals surface area (Å²) >= 11 is 0. The standard InChI is InChI=1S/C10H13N5O3/c1-2-17-10(16)8-14-9(18-15-8)7(11)3-6-4-12-5-13-6/h4-5,7H,2-3,11H2,1H3,(H,12,13)/t7-/m0/s1. The summed E-state index contributed by atoms with van der Waals surface area (Å²) in [6.45, 7) is 1.95. The van der Waals surface area contributed by atoms with Gasteiger partial charge in [0.25, 0.3) is 5.82 Å². The third kappa shape index (κ3) is 2.72. The van der Waals surface area contributed by atoms with E-state index in [4.69, 9.17) is 15.0 Å². The van der Waals surface area contributed by atoms with Crippen LogP contribution in [0.15, 0.2) is 17.0 Å². The van der Waals surface area contributed by atoms with Gasteiger partial charge in [0, 0.05) is 18.3 Å². The molecule has 8 heteroatoms. The first kappa shape index (κ1) is 12.2. The highest BCUT2D eigenvalue weighted by molar-refractivity contribution is 5.84. The van der Waals surface area contributed by atoms with Crippen molar-refractivity contribution in [1.82, 2.24) is 20.1 Å². The number of esters is 1. The van der Waals surface area contributed by atoms with E-state index in [0.29, 0.717) is 6.42 Å². The van der Waals surface area contributed by atoms with Crippen LogP contribution in [0.2, 0.25) is 0 Å². The van der Waals surface area contributed by atoms with Crippen LogP contribution in [0.1, 0.15) is 35.2 Å². The van der Waals surface area contributed by atoms with E-state index in [9.17, 15) is 4.79 Å². The number of aromatic amines is 1. The van der Waals surface area contributed by atoms with E-state index < -0.39 is 12.0 Å². The van der Waals surface area contributed by atoms with Crippen molar-refractivity contribution in [2.45, 2.75) is 19.4 Å². The van der Waals surface area contributed by atoms with Crippen molar-refractivity contribution >= 4 is 5.97 Å². The molecular formula is C10H13N5O3. The lowest BCUT2D eigenvalue weighted by Crippen LogP contribution is -2.14. The van der Waals surface area contributed by atoms with Gasteiger partial charge >= 0.3 is 5.97 Å². The molecule has 0 aliphatic carbocycles. The summed E-state index contributed by atoms with van der Waals surface area (Å²) in [6, 6.07) is -0.499. The SMILES string of the molecule is CCOC(=O)c1noc([C@@H](N)Cc2cnc[nH]2)n1. The third-order valence-corrected chi connectivity index (χ3v) is 2.21. The number of rotatable bonds is 5. The quantitative estimate of drug-likeness (QED) is 0.729. The van der Waals surface area contributed by atoms with E-state index in [1.165, 1.54) is 0 Å². The number of hydrogen-bond donors (Lipinski definition) is 2. The Morgan fingerprint density at radius 2 is 2.50 bits per heavy atom. The van der Waals surface area contributed by atoms with Crippen LogP contribution in [0, 0.1) is 0 Å². The number of imidazole rings is 1. The molecule has 0 saturated carbocycles. The van der Waals surface area contributed by atoms with Gasteiger partial charge in [-0.25, -0.2) is 9.78 Å². The fourth-order valence-corrected chi connectivity index (χ4v) is 1.38. The largest absolute Gasteiger partial charge is 0.460 e. The number of nitrogens with zero attached hydrogens (tertiary/aromatic N) is 3. The number of nitrogens with one attached hydrogen (secondary N) is 1. The molecule has 0 amide bonds. The van der Waals surface area contributed by atoms with Crippen LogP contribution in [0.25, 0.3) is 0 Å². The van der Waals surface area contributed by atoms with Crippen LogP contribution in [-0.4, -0.2) is 32.7 Å². The van der Waals surface area contributed by atoms with Crippen molar-refractivity contribution in [3.8, 4) is 0 Å². The van der Waals surface area contributed by atoms with Crippen molar-refractivity contribution in [3.63, 3.8) is 0 Å². The molecule has 0 saturated heterocycles. The number of ether oxygens (including phenoxy) is 1. The second kappa shape index (κ2) is 5.41. The van der Waals surface area contributed by atoms with E-state index in [0.717, 1.165) is 5.69 Å². The minimum atomic E-state index is -0.624. The Balaban J connectivity index is 2.03. The fraction of sp³-hybridized carbons (Fsp3) is 0.400. The highest BCUT2D eigenvalue weighted by Gasteiger charge is 2.20. The Kier molecular flexibility index (Phi) is 3.68. The molecule has 0 fully saturated rings. The molecule has 8 nitrogen and oxygen atoms in total. The Morgan fingerprint density at radius 3 is 3.17 bits per heavy atom. The summed E-state index contributed by atoms with van der Waals surface area (Å²) in [5.74, 6) is -0.555. The number of carbonyl (C=O) groups is 1. The maximum absolute atomic E-state index is 11.3. The average molecular weight is 251 g/mol. The molecule has 0 spiro atoms. The van der Waals surface area contributed by atoms with Gasteiger partial charge < -0.3 is 20.0 Å². The topological polar surface area (TPSA) is 120 Å². The zero-order valence-electron chi connectivity index (χ0n) is 9.79. The van der Waals surface area contributed by atoms with Crippen molar-refractivity contribution < 1.29 is 14.1 Å². The van der Waals surface area contributed by atoms with E-state index >= 15 is 0 Å². The Morgan fingerprint density at radius 1 is 1.67 bits per heavy atom. The molecule has 0 bridgehead atoms. The summed E-state index contributed by atoms with van der Waals surface area (Å²) in [6.07, 6.45) is 3.67.